The molecule has 2 aromatic heterocycles. The van der Waals surface area contributed by atoms with Gasteiger partial charge < -0.3 is 4.74 Å². The summed E-state index contributed by atoms with van der Waals surface area (Å²) in [4.78, 5) is 20.5. The second-order valence-electron chi connectivity index (χ2n) is 6.68. The van der Waals surface area contributed by atoms with Crippen LogP contribution in [-0.2, 0) is 24.1 Å². The van der Waals surface area contributed by atoms with Gasteiger partial charge in [0.1, 0.15) is 4.83 Å². The molecule has 6 heteroatoms. The maximum Gasteiger partial charge on any atom is 0.263 e. The Kier molecular flexibility index (Phi) is 4.97. The van der Waals surface area contributed by atoms with Gasteiger partial charge in [0.15, 0.2) is 5.16 Å². The van der Waals surface area contributed by atoms with Crippen molar-refractivity contribution in [3.8, 4) is 0 Å². The second kappa shape index (κ2) is 7.18. The van der Waals surface area contributed by atoms with Crippen molar-refractivity contribution >= 4 is 33.3 Å². The molecule has 24 heavy (non-hydrogen) atoms. The molecule has 0 unspecified atom stereocenters. The lowest BCUT2D eigenvalue weighted by molar-refractivity contribution is 0.0937. The predicted molar refractivity (Wildman–Crippen MR) is 101 cm³/mol. The van der Waals surface area contributed by atoms with Crippen LogP contribution in [0.3, 0.4) is 0 Å². The Labute approximate surface area is 150 Å². The monoisotopic (exact) mass is 364 g/mol. The maximum atomic E-state index is 13.3. The average Bonchev–Trinajstić information content (AvgIpc) is 3.22. The molecule has 0 saturated carbocycles. The number of ether oxygens (including phenoxy) is 1. The van der Waals surface area contributed by atoms with Gasteiger partial charge in [0.2, 0.25) is 0 Å². The third kappa shape index (κ3) is 3.04. The molecule has 0 aromatic carbocycles. The van der Waals surface area contributed by atoms with Gasteiger partial charge in [-0.2, -0.15) is 0 Å². The van der Waals surface area contributed by atoms with Crippen molar-refractivity contribution in [3.63, 3.8) is 0 Å². The first-order chi connectivity index (χ1) is 11.8. The van der Waals surface area contributed by atoms with Crippen molar-refractivity contribution in [2.75, 3.05) is 12.4 Å². The summed E-state index contributed by atoms with van der Waals surface area (Å²) < 4.78 is 7.69. The van der Waals surface area contributed by atoms with E-state index in [1.807, 2.05) is 4.57 Å². The summed E-state index contributed by atoms with van der Waals surface area (Å²) in [7, 11) is 0. The molecule has 1 saturated heterocycles. The van der Waals surface area contributed by atoms with Crippen LogP contribution in [0.5, 0.6) is 0 Å². The summed E-state index contributed by atoms with van der Waals surface area (Å²) in [6, 6.07) is 0. The summed E-state index contributed by atoms with van der Waals surface area (Å²) in [5, 5.41) is 1.77. The first-order valence-corrected chi connectivity index (χ1v) is 10.9. The molecule has 0 radical (unpaired) electrons. The first-order valence-electron chi connectivity index (χ1n) is 9.07. The van der Waals surface area contributed by atoms with Crippen LogP contribution in [0, 0.1) is 0 Å². The van der Waals surface area contributed by atoms with E-state index in [-0.39, 0.29) is 11.7 Å². The molecule has 130 valence electrons. The van der Waals surface area contributed by atoms with Crippen molar-refractivity contribution in [1.29, 1.82) is 0 Å². The van der Waals surface area contributed by atoms with E-state index < -0.39 is 0 Å². The molecule has 4 nitrogen and oxygen atoms in total. The lowest BCUT2D eigenvalue weighted by atomic mass is 9.97. The smallest absolute Gasteiger partial charge is 0.263 e. The van der Waals surface area contributed by atoms with Crippen LogP contribution in [0.2, 0.25) is 0 Å². The van der Waals surface area contributed by atoms with E-state index in [1.165, 1.54) is 23.3 Å². The number of fused-ring (bicyclic) bond motifs is 3. The first kappa shape index (κ1) is 16.6. The van der Waals surface area contributed by atoms with E-state index in [2.05, 4.69) is 6.92 Å². The predicted octanol–water partition coefficient (Wildman–Crippen LogP) is 4.02. The Morgan fingerprint density at radius 3 is 3.00 bits per heavy atom. The fraction of sp³-hybridized carbons (Fsp3) is 0.667. The number of nitrogens with zero attached hydrogens (tertiary/aromatic N) is 2. The number of rotatable bonds is 5. The molecule has 1 aliphatic carbocycles. The molecule has 4 rings (SSSR count). The normalized spacial score (nSPS) is 20.6. The average molecular weight is 365 g/mol. The van der Waals surface area contributed by atoms with Gasteiger partial charge in [-0.05, 0) is 50.5 Å². The Balaban J connectivity index is 1.82. The van der Waals surface area contributed by atoms with Gasteiger partial charge in [0, 0.05) is 17.2 Å². The number of aryl methyl sites for hydroxylation is 2. The minimum Gasteiger partial charge on any atom is -0.376 e. The minimum atomic E-state index is 0.161. The lowest BCUT2D eigenvalue weighted by Gasteiger charge is -2.16. The third-order valence-electron chi connectivity index (χ3n) is 4.89. The number of hydrogen-bond donors (Lipinski definition) is 0. The van der Waals surface area contributed by atoms with E-state index in [0.717, 1.165) is 59.8 Å². The zero-order chi connectivity index (χ0) is 16.5. The van der Waals surface area contributed by atoms with Gasteiger partial charge in [-0.1, -0.05) is 18.7 Å². The molecule has 1 atom stereocenters. The van der Waals surface area contributed by atoms with Crippen LogP contribution in [0.25, 0.3) is 10.2 Å². The van der Waals surface area contributed by atoms with Gasteiger partial charge in [-0.3, -0.25) is 9.36 Å². The molecule has 0 N–H and O–H groups in total. The van der Waals surface area contributed by atoms with Crippen LogP contribution in [-0.4, -0.2) is 28.0 Å². The summed E-state index contributed by atoms with van der Waals surface area (Å²) in [6.45, 7) is 3.64. The highest BCUT2D eigenvalue weighted by atomic mass is 32.2. The summed E-state index contributed by atoms with van der Waals surface area (Å²) in [5.41, 5.74) is 1.44. The minimum absolute atomic E-state index is 0.161. The number of hydrogen-bond acceptors (Lipinski definition) is 5. The van der Waals surface area contributed by atoms with Gasteiger partial charge in [0.25, 0.3) is 5.56 Å². The number of thioether (sulfide) groups is 1. The summed E-state index contributed by atoms with van der Waals surface area (Å²) >= 11 is 3.45. The van der Waals surface area contributed by atoms with Gasteiger partial charge in [0.05, 0.1) is 18.0 Å². The van der Waals surface area contributed by atoms with E-state index in [9.17, 15) is 4.79 Å². The molecule has 2 aliphatic rings. The van der Waals surface area contributed by atoms with E-state index in [1.54, 1.807) is 23.1 Å². The molecule has 0 amide bonds. The van der Waals surface area contributed by atoms with Gasteiger partial charge in [-0.15, -0.1) is 11.3 Å². The number of thiophene rings is 1. The topological polar surface area (TPSA) is 44.1 Å². The van der Waals surface area contributed by atoms with E-state index in [0.29, 0.717) is 6.54 Å². The van der Waals surface area contributed by atoms with E-state index >= 15 is 0 Å². The molecular formula is C18H24N2O2S2. The fourth-order valence-electron chi connectivity index (χ4n) is 3.68. The van der Waals surface area contributed by atoms with Crippen molar-refractivity contribution in [2.24, 2.45) is 0 Å². The van der Waals surface area contributed by atoms with Crippen molar-refractivity contribution in [3.05, 3.63) is 20.8 Å². The lowest BCUT2D eigenvalue weighted by Crippen LogP contribution is -2.29. The van der Waals surface area contributed by atoms with Gasteiger partial charge in [-0.25, -0.2) is 4.98 Å². The van der Waals surface area contributed by atoms with Crippen LogP contribution in [0.1, 0.15) is 49.5 Å². The van der Waals surface area contributed by atoms with E-state index in [4.69, 9.17) is 9.72 Å². The Morgan fingerprint density at radius 1 is 1.33 bits per heavy atom. The van der Waals surface area contributed by atoms with Crippen LogP contribution in [0.4, 0.5) is 0 Å². The molecule has 0 bridgehead atoms. The Morgan fingerprint density at radius 2 is 2.21 bits per heavy atom. The van der Waals surface area contributed by atoms with Crippen molar-refractivity contribution in [2.45, 2.75) is 69.7 Å². The Bertz CT molecular complexity index is 790. The molecule has 3 heterocycles. The summed E-state index contributed by atoms with van der Waals surface area (Å²) in [5.74, 6) is 0.995. The quantitative estimate of drug-likeness (QED) is 0.594. The largest absolute Gasteiger partial charge is 0.376 e. The summed E-state index contributed by atoms with van der Waals surface area (Å²) in [6.07, 6.45) is 7.96. The number of aromatic nitrogens is 2. The standard InChI is InChI=1S/C18H24N2O2S2/c1-2-10-23-18-19-16-15(13-7-3-4-8-14(13)24-16)17(21)20(18)11-12-6-5-9-22-12/h12H,2-11H2,1H3/t12-/m1/s1. The van der Waals surface area contributed by atoms with Gasteiger partial charge >= 0.3 is 0 Å². The highest BCUT2D eigenvalue weighted by molar-refractivity contribution is 7.99. The zero-order valence-corrected chi connectivity index (χ0v) is 15.8. The molecule has 1 fully saturated rings. The molecule has 1 aliphatic heterocycles. The molecule has 2 aromatic rings. The molecule has 0 spiro atoms. The maximum absolute atomic E-state index is 13.3. The third-order valence-corrected chi connectivity index (χ3v) is 7.25. The van der Waals surface area contributed by atoms with Crippen molar-refractivity contribution < 1.29 is 4.74 Å². The highest BCUT2D eigenvalue weighted by Crippen LogP contribution is 2.35. The van der Waals surface area contributed by atoms with Crippen LogP contribution >= 0.6 is 23.1 Å². The second-order valence-corrected chi connectivity index (χ2v) is 8.83. The van der Waals surface area contributed by atoms with Crippen LogP contribution in [0.15, 0.2) is 9.95 Å². The molecular weight excluding hydrogens is 340 g/mol. The van der Waals surface area contributed by atoms with Crippen LogP contribution < -0.4 is 5.56 Å². The fourth-order valence-corrected chi connectivity index (χ4v) is 5.84. The SMILES string of the molecule is CCCSc1nc2sc3c(c2c(=O)n1C[C@H]1CCCO1)CCCC3. The zero-order valence-electron chi connectivity index (χ0n) is 14.2. The van der Waals surface area contributed by atoms with Crippen molar-refractivity contribution in [1.82, 2.24) is 9.55 Å². The highest BCUT2D eigenvalue weighted by Gasteiger charge is 2.24. The Hall–Kier alpha value is -0.850.